The number of fused-ring (bicyclic) bond motifs is 2. The molecule has 0 saturated heterocycles. The fourth-order valence-electron chi connectivity index (χ4n) is 2.86. The summed E-state index contributed by atoms with van der Waals surface area (Å²) in [6, 6.07) is 13.1. The van der Waals surface area contributed by atoms with E-state index in [-0.39, 0.29) is 24.1 Å². The Morgan fingerprint density at radius 3 is 3.04 bits per heavy atom. The van der Waals surface area contributed by atoms with Gasteiger partial charge in [0, 0.05) is 0 Å². The average molecular weight is 399 g/mol. The van der Waals surface area contributed by atoms with E-state index in [1.807, 2.05) is 43.3 Å². The summed E-state index contributed by atoms with van der Waals surface area (Å²) in [6.07, 6.45) is 0. The second-order valence-electron chi connectivity index (χ2n) is 5.88. The molecule has 1 aromatic heterocycles. The zero-order valence-corrected chi connectivity index (χ0v) is 16.2. The van der Waals surface area contributed by atoms with E-state index in [0.717, 1.165) is 26.0 Å². The summed E-state index contributed by atoms with van der Waals surface area (Å²) in [4.78, 5) is 30.7. The molecule has 1 aliphatic rings. The highest BCUT2D eigenvalue weighted by molar-refractivity contribution is 8.01. The maximum Gasteiger partial charge on any atom is 0.244 e. The van der Waals surface area contributed by atoms with Crippen molar-refractivity contribution in [2.45, 2.75) is 11.3 Å². The quantitative estimate of drug-likeness (QED) is 0.661. The number of thioether (sulfide) groups is 1. The van der Waals surface area contributed by atoms with E-state index in [1.165, 1.54) is 28.0 Å². The van der Waals surface area contributed by atoms with Crippen LogP contribution in [0.25, 0.3) is 10.2 Å². The summed E-state index contributed by atoms with van der Waals surface area (Å²) >= 11 is 2.92. The van der Waals surface area contributed by atoms with Gasteiger partial charge in [-0.15, -0.1) is 11.3 Å². The van der Waals surface area contributed by atoms with E-state index in [2.05, 4.69) is 10.3 Å². The summed E-state index contributed by atoms with van der Waals surface area (Å²) in [5.41, 5.74) is 2.28. The highest BCUT2D eigenvalue weighted by Crippen LogP contribution is 2.33. The van der Waals surface area contributed by atoms with Gasteiger partial charge in [0.05, 0.1) is 34.0 Å². The average Bonchev–Trinajstić information content (AvgIpc) is 3.08. The molecule has 0 aliphatic carbocycles. The summed E-state index contributed by atoms with van der Waals surface area (Å²) in [5.74, 6) is 0.740. The number of carbonyl (C=O) groups excluding carboxylic acids is 2. The molecule has 2 aromatic carbocycles. The lowest BCUT2D eigenvalue weighted by Crippen LogP contribution is -2.43. The SMILES string of the molecule is CCOc1ccc2nc(SCC(=O)N3CC(=O)Nc4ccccc43)sc2c1. The number of para-hydroxylation sites is 2. The van der Waals surface area contributed by atoms with Crippen LogP contribution in [0.1, 0.15) is 6.92 Å². The molecule has 0 fully saturated rings. The van der Waals surface area contributed by atoms with Gasteiger partial charge >= 0.3 is 0 Å². The Hall–Kier alpha value is -2.58. The molecule has 27 heavy (non-hydrogen) atoms. The van der Waals surface area contributed by atoms with Crippen molar-refractivity contribution in [3.05, 3.63) is 42.5 Å². The number of hydrogen-bond acceptors (Lipinski definition) is 6. The van der Waals surface area contributed by atoms with Crippen molar-refractivity contribution in [2.75, 3.05) is 29.1 Å². The van der Waals surface area contributed by atoms with Crippen molar-refractivity contribution in [1.82, 2.24) is 4.98 Å². The Kier molecular flexibility index (Phi) is 5.00. The Balaban J connectivity index is 1.48. The maximum atomic E-state index is 12.7. The normalized spacial score (nSPS) is 13.4. The van der Waals surface area contributed by atoms with E-state index in [1.54, 1.807) is 6.07 Å². The van der Waals surface area contributed by atoms with Crippen LogP contribution in [-0.4, -0.2) is 35.7 Å². The monoisotopic (exact) mass is 399 g/mol. The van der Waals surface area contributed by atoms with Gasteiger partial charge in [-0.25, -0.2) is 4.98 Å². The van der Waals surface area contributed by atoms with Crippen LogP contribution in [0.2, 0.25) is 0 Å². The number of thiazole rings is 1. The third-order valence-electron chi connectivity index (χ3n) is 4.04. The van der Waals surface area contributed by atoms with Gasteiger partial charge in [-0.3, -0.25) is 9.59 Å². The Labute approximate surface area is 164 Å². The minimum absolute atomic E-state index is 0.0357. The molecule has 4 rings (SSSR count). The first kappa shape index (κ1) is 17.8. The van der Waals surface area contributed by atoms with E-state index >= 15 is 0 Å². The predicted molar refractivity (Wildman–Crippen MR) is 109 cm³/mol. The molecule has 0 saturated carbocycles. The molecule has 3 aromatic rings. The van der Waals surface area contributed by atoms with E-state index in [9.17, 15) is 9.59 Å². The van der Waals surface area contributed by atoms with Crippen LogP contribution in [0.3, 0.4) is 0 Å². The fraction of sp³-hybridized carbons (Fsp3) is 0.211. The Morgan fingerprint density at radius 2 is 2.19 bits per heavy atom. The molecule has 0 atom stereocenters. The maximum absolute atomic E-state index is 12.7. The number of aromatic nitrogens is 1. The largest absolute Gasteiger partial charge is 0.494 e. The Bertz CT molecular complexity index is 1020. The van der Waals surface area contributed by atoms with Gasteiger partial charge in [0.1, 0.15) is 12.3 Å². The van der Waals surface area contributed by atoms with Crippen molar-refractivity contribution >= 4 is 56.5 Å². The van der Waals surface area contributed by atoms with Gasteiger partial charge in [0.15, 0.2) is 4.34 Å². The molecule has 1 N–H and O–H groups in total. The lowest BCUT2D eigenvalue weighted by molar-refractivity contribution is -0.120. The van der Waals surface area contributed by atoms with Crippen molar-refractivity contribution in [2.24, 2.45) is 0 Å². The Morgan fingerprint density at radius 1 is 1.33 bits per heavy atom. The fourth-order valence-corrected chi connectivity index (χ4v) is 4.83. The highest BCUT2D eigenvalue weighted by Gasteiger charge is 2.26. The second kappa shape index (κ2) is 7.58. The van der Waals surface area contributed by atoms with Crippen molar-refractivity contribution in [3.63, 3.8) is 0 Å². The third kappa shape index (κ3) is 3.77. The van der Waals surface area contributed by atoms with Gasteiger partial charge in [0.2, 0.25) is 11.8 Å². The predicted octanol–water partition coefficient (Wildman–Crippen LogP) is 3.77. The van der Waals surface area contributed by atoms with Gasteiger partial charge in [-0.05, 0) is 37.3 Å². The minimum atomic E-state index is -0.185. The molecular weight excluding hydrogens is 382 g/mol. The summed E-state index contributed by atoms with van der Waals surface area (Å²) in [5, 5.41) is 2.79. The van der Waals surface area contributed by atoms with E-state index in [0.29, 0.717) is 12.3 Å². The van der Waals surface area contributed by atoms with Crippen molar-refractivity contribution in [3.8, 4) is 5.75 Å². The van der Waals surface area contributed by atoms with Crippen molar-refractivity contribution < 1.29 is 14.3 Å². The number of anilines is 2. The van der Waals surface area contributed by atoms with Crippen LogP contribution >= 0.6 is 23.1 Å². The summed E-state index contributed by atoms with van der Waals surface area (Å²) < 4.78 is 7.37. The first-order valence-corrected chi connectivity index (χ1v) is 10.3. The van der Waals surface area contributed by atoms with E-state index < -0.39 is 0 Å². The van der Waals surface area contributed by atoms with Gasteiger partial charge in [0.25, 0.3) is 0 Å². The van der Waals surface area contributed by atoms with Crippen LogP contribution in [0.5, 0.6) is 5.75 Å². The van der Waals surface area contributed by atoms with Crippen molar-refractivity contribution in [1.29, 1.82) is 0 Å². The number of nitrogens with zero attached hydrogens (tertiary/aromatic N) is 2. The minimum Gasteiger partial charge on any atom is -0.494 e. The number of benzene rings is 2. The topological polar surface area (TPSA) is 71.5 Å². The molecule has 0 spiro atoms. The van der Waals surface area contributed by atoms with Gasteiger partial charge in [-0.2, -0.15) is 0 Å². The van der Waals surface area contributed by atoms with E-state index in [4.69, 9.17) is 4.74 Å². The lowest BCUT2D eigenvalue weighted by atomic mass is 10.2. The van der Waals surface area contributed by atoms with Crippen LogP contribution in [0, 0.1) is 0 Å². The standard InChI is InChI=1S/C19H17N3O3S2/c1-2-25-12-7-8-14-16(9-12)27-19(21-14)26-11-18(24)22-10-17(23)20-13-5-3-4-6-15(13)22/h3-9H,2,10-11H2,1H3,(H,20,23). The number of nitrogens with one attached hydrogen (secondary N) is 1. The third-order valence-corrected chi connectivity index (χ3v) is 6.19. The highest BCUT2D eigenvalue weighted by atomic mass is 32.2. The number of ether oxygens (including phenoxy) is 1. The number of rotatable bonds is 5. The summed E-state index contributed by atoms with van der Waals surface area (Å²) in [7, 11) is 0. The first-order chi connectivity index (χ1) is 13.1. The molecule has 0 radical (unpaired) electrons. The molecule has 2 heterocycles. The number of hydrogen-bond donors (Lipinski definition) is 1. The summed E-state index contributed by atoms with van der Waals surface area (Å²) in [6.45, 7) is 2.60. The smallest absolute Gasteiger partial charge is 0.244 e. The van der Waals surface area contributed by atoms with Crippen LogP contribution in [-0.2, 0) is 9.59 Å². The number of carbonyl (C=O) groups is 2. The zero-order chi connectivity index (χ0) is 18.8. The molecule has 6 nitrogen and oxygen atoms in total. The van der Waals surface area contributed by atoms with Gasteiger partial charge < -0.3 is 15.0 Å². The molecule has 1 aliphatic heterocycles. The van der Waals surface area contributed by atoms with Gasteiger partial charge in [-0.1, -0.05) is 23.9 Å². The molecule has 2 amide bonds. The zero-order valence-electron chi connectivity index (χ0n) is 14.6. The lowest BCUT2D eigenvalue weighted by Gasteiger charge is -2.28. The molecule has 8 heteroatoms. The first-order valence-electron chi connectivity index (χ1n) is 8.49. The molecule has 0 unspecified atom stereocenters. The van der Waals surface area contributed by atoms with Crippen LogP contribution < -0.4 is 15.0 Å². The molecule has 0 bridgehead atoms. The van der Waals surface area contributed by atoms with Crippen LogP contribution in [0.15, 0.2) is 46.8 Å². The second-order valence-corrected chi connectivity index (χ2v) is 8.13. The number of amides is 2. The molecular formula is C19H17N3O3S2. The van der Waals surface area contributed by atoms with Crippen LogP contribution in [0.4, 0.5) is 11.4 Å². The molecule has 138 valence electrons.